The van der Waals surface area contributed by atoms with E-state index in [-0.39, 0.29) is 0 Å². The molecule has 0 atom stereocenters. The van der Waals surface area contributed by atoms with Crippen molar-refractivity contribution in [2.24, 2.45) is 0 Å². The number of aromatic nitrogens is 2. The van der Waals surface area contributed by atoms with Crippen molar-refractivity contribution in [3.05, 3.63) is 194 Å². The summed E-state index contributed by atoms with van der Waals surface area (Å²) >= 11 is 0. The second-order valence-corrected chi connectivity index (χ2v) is 14.2. The van der Waals surface area contributed by atoms with Gasteiger partial charge in [0.1, 0.15) is 11.2 Å². The molecule has 0 fully saturated rings. The number of nitrogens with zero attached hydrogens (tertiary/aromatic N) is 2. The number of benzene rings is 9. The number of para-hydroxylation sites is 1. The van der Waals surface area contributed by atoms with Gasteiger partial charge >= 0.3 is 0 Å². The lowest BCUT2D eigenvalue weighted by Gasteiger charge is -2.14. The summed E-state index contributed by atoms with van der Waals surface area (Å²) in [5.74, 6) is 0.690. The first-order valence-electron chi connectivity index (χ1n) is 18.6. The van der Waals surface area contributed by atoms with E-state index in [2.05, 4.69) is 164 Å². The minimum Gasteiger partial charge on any atom is -0.456 e. The van der Waals surface area contributed by atoms with E-state index in [1.807, 2.05) is 30.3 Å². The van der Waals surface area contributed by atoms with Gasteiger partial charge in [-0.3, -0.25) is 0 Å². The molecule has 0 spiro atoms. The predicted molar refractivity (Wildman–Crippen MR) is 229 cm³/mol. The summed E-state index contributed by atoms with van der Waals surface area (Å²) in [6.07, 6.45) is 0. The third kappa shape index (κ3) is 5.53. The topological polar surface area (TPSA) is 38.9 Å². The van der Waals surface area contributed by atoms with Crippen molar-refractivity contribution in [2.75, 3.05) is 0 Å². The third-order valence-corrected chi connectivity index (χ3v) is 10.8. The Labute approximate surface area is 317 Å². The minimum absolute atomic E-state index is 0.690. The van der Waals surface area contributed by atoms with Gasteiger partial charge in [0, 0.05) is 27.5 Å². The van der Waals surface area contributed by atoms with Crippen molar-refractivity contribution >= 4 is 54.3 Å². The van der Waals surface area contributed by atoms with Gasteiger partial charge in [0.15, 0.2) is 5.82 Å². The van der Waals surface area contributed by atoms with Crippen LogP contribution in [0.2, 0.25) is 0 Å². The molecule has 0 saturated heterocycles. The first kappa shape index (κ1) is 31.2. The maximum absolute atomic E-state index is 6.21. The Morgan fingerprint density at radius 3 is 1.65 bits per heavy atom. The molecule has 2 aromatic heterocycles. The number of furan rings is 1. The van der Waals surface area contributed by atoms with Crippen LogP contribution in [0.1, 0.15) is 0 Å². The second kappa shape index (κ2) is 12.6. The average Bonchev–Trinajstić information content (AvgIpc) is 3.64. The summed E-state index contributed by atoms with van der Waals surface area (Å²) < 4.78 is 6.21. The molecule has 9 aromatic carbocycles. The van der Waals surface area contributed by atoms with Gasteiger partial charge in [0.2, 0.25) is 0 Å². The Kier molecular flexibility index (Phi) is 7.17. The number of hydrogen-bond acceptors (Lipinski definition) is 3. The highest BCUT2D eigenvalue weighted by Gasteiger charge is 2.16. The van der Waals surface area contributed by atoms with E-state index in [0.29, 0.717) is 5.82 Å². The molecule has 3 heteroatoms. The van der Waals surface area contributed by atoms with Crippen LogP contribution in [0.5, 0.6) is 0 Å². The van der Waals surface area contributed by atoms with Gasteiger partial charge in [-0.1, -0.05) is 140 Å². The van der Waals surface area contributed by atoms with Crippen molar-refractivity contribution in [3.63, 3.8) is 0 Å². The fraction of sp³-hybridized carbons (Fsp3) is 0. The molecule has 2 heterocycles. The molecule has 0 aliphatic heterocycles. The maximum atomic E-state index is 6.21. The van der Waals surface area contributed by atoms with E-state index in [1.54, 1.807) is 0 Å². The summed E-state index contributed by atoms with van der Waals surface area (Å²) in [5, 5.41) is 9.50. The minimum atomic E-state index is 0.690. The van der Waals surface area contributed by atoms with E-state index in [1.165, 1.54) is 32.3 Å². The van der Waals surface area contributed by atoms with Crippen molar-refractivity contribution < 1.29 is 4.42 Å². The van der Waals surface area contributed by atoms with Crippen LogP contribution >= 0.6 is 0 Å². The second-order valence-electron chi connectivity index (χ2n) is 14.2. The SMILES string of the molecule is c1ccc(-c2nc(-c3cc(-c4ccc5ccccc5c4)cc(-c4ccc5oc6ccccc6c5c4)c3)cc(-c3ccc4ccc5ccccc5c4c3)n2)cc1. The molecular formula is C52H32N2O. The molecule has 11 rings (SSSR count). The smallest absolute Gasteiger partial charge is 0.160 e. The standard InChI is InChI=1S/C52H32N2O/c1-2-12-36(13-3-1)52-53-48(40-23-21-35-20-19-34-11-6-7-15-44(34)46(35)31-40)32-49(54-52)43-28-41(38-22-18-33-10-4-5-14-37(33)26-38)27-42(29-43)39-24-25-51-47(30-39)45-16-8-9-17-50(45)55-51/h1-32H. The molecule has 0 amide bonds. The lowest BCUT2D eigenvalue weighted by molar-refractivity contribution is 0.669. The van der Waals surface area contributed by atoms with Crippen LogP contribution in [0.25, 0.3) is 110 Å². The fourth-order valence-corrected chi connectivity index (χ4v) is 8.00. The number of hydrogen-bond donors (Lipinski definition) is 0. The van der Waals surface area contributed by atoms with E-state index in [4.69, 9.17) is 14.4 Å². The monoisotopic (exact) mass is 700 g/mol. The maximum Gasteiger partial charge on any atom is 0.160 e. The zero-order valence-corrected chi connectivity index (χ0v) is 29.8. The average molecular weight is 701 g/mol. The largest absolute Gasteiger partial charge is 0.456 e. The summed E-state index contributed by atoms with van der Waals surface area (Å²) in [6.45, 7) is 0. The van der Waals surface area contributed by atoms with Gasteiger partial charge in [-0.05, 0) is 109 Å². The zero-order chi connectivity index (χ0) is 36.3. The normalized spacial score (nSPS) is 11.6. The predicted octanol–water partition coefficient (Wildman–Crippen LogP) is 14.2. The van der Waals surface area contributed by atoms with Crippen LogP contribution < -0.4 is 0 Å². The molecular weight excluding hydrogens is 669 g/mol. The Hall–Kier alpha value is -7.36. The fourth-order valence-electron chi connectivity index (χ4n) is 8.00. The Morgan fingerprint density at radius 1 is 0.273 bits per heavy atom. The highest BCUT2D eigenvalue weighted by atomic mass is 16.3. The lowest BCUT2D eigenvalue weighted by Crippen LogP contribution is -1.96. The third-order valence-electron chi connectivity index (χ3n) is 10.8. The van der Waals surface area contributed by atoms with Crippen LogP contribution in [0.3, 0.4) is 0 Å². The molecule has 0 unspecified atom stereocenters. The van der Waals surface area contributed by atoms with E-state index in [0.717, 1.165) is 72.3 Å². The van der Waals surface area contributed by atoms with Gasteiger partial charge in [-0.15, -0.1) is 0 Å². The van der Waals surface area contributed by atoms with Crippen LogP contribution in [0, 0.1) is 0 Å². The van der Waals surface area contributed by atoms with Crippen LogP contribution in [-0.4, -0.2) is 9.97 Å². The lowest BCUT2D eigenvalue weighted by atomic mass is 9.93. The molecule has 0 aliphatic carbocycles. The van der Waals surface area contributed by atoms with Gasteiger partial charge in [0.05, 0.1) is 11.4 Å². The van der Waals surface area contributed by atoms with Crippen molar-refractivity contribution in [1.29, 1.82) is 0 Å². The molecule has 0 N–H and O–H groups in total. The van der Waals surface area contributed by atoms with Gasteiger partial charge < -0.3 is 4.42 Å². The summed E-state index contributed by atoms with van der Waals surface area (Å²) in [5.41, 5.74) is 11.0. The number of rotatable bonds is 5. The van der Waals surface area contributed by atoms with E-state index < -0.39 is 0 Å². The van der Waals surface area contributed by atoms with Gasteiger partial charge in [-0.2, -0.15) is 0 Å². The van der Waals surface area contributed by atoms with Crippen LogP contribution in [-0.2, 0) is 0 Å². The van der Waals surface area contributed by atoms with E-state index in [9.17, 15) is 0 Å². The zero-order valence-electron chi connectivity index (χ0n) is 29.8. The van der Waals surface area contributed by atoms with E-state index >= 15 is 0 Å². The summed E-state index contributed by atoms with van der Waals surface area (Å²) in [4.78, 5) is 10.5. The molecule has 0 radical (unpaired) electrons. The first-order valence-corrected chi connectivity index (χ1v) is 18.6. The first-order chi connectivity index (χ1) is 27.2. The Bertz CT molecular complexity index is 3270. The highest BCUT2D eigenvalue weighted by molar-refractivity contribution is 6.09. The number of fused-ring (bicyclic) bond motifs is 7. The molecule has 11 aromatic rings. The quantitative estimate of drug-likeness (QED) is 0.168. The Balaban J connectivity index is 1.14. The summed E-state index contributed by atoms with van der Waals surface area (Å²) in [6, 6.07) is 68.9. The highest BCUT2D eigenvalue weighted by Crippen LogP contribution is 2.38. The molecule has 0 aliphatic rings. The summed E-state index contributed by atoms with van der Waals surface area (Å²) in [7, 11) is 0. The molecule has 0 saturated carbocycles. The molecule has 55 heavy (non-hydrogen) atoms. The van der Waals surface area contributed by atoms with Crippen LogP contribution in [0.4, 0.5) is 0 Å². The van der Waals surface area contributed by atoms with Gasteiger partial charge in [0.25, 0.3) is 0 Å². The molecule has 256 valence electrons. The van der Waals surface area contributed by atoms with Crippen molar-refractivity contribution in [1.82, 2.24) is 9.97 Å². The van der Waals surface area contributed by atoms with Gasteiger partial charge in [-0.25, -0.2) is 9.97 Å². The van der Waals surface area contributed by atoms with Crippen molar-refractivity contribution in [2.45, 2.75) is 0 Å². The Morgan fingerprint density at radius 2 is 0.818 bits per heavy atom. The van der Waals surface area contributed by atoms with Crippen molar-refractivity contribution in [3.8, 4) is 56.2 Å². The molecule has 0 bridgehead atoms. The van der Waals surface area contributed by atoms with Crippen LogP contribution in [0.15, 0.2) is 199 Å². The molecule has 3 nitrogen and oxygen atoms in total.